The van der Waals surface area contributed by atoms with E-state index in [0.29, 0.717) is 0 Å². The number of nitrogens with one attached hydrogen (secondary N) is 1. The Kier molecular flexibility index (Phi) is 5.90. The van der Waals surface area contributed by atoms with Gasteiger partial charge in [0, 0.05) is 11.6 Å². The number of hydrogen-bond acceptors (Lipinski definition) is 10. The van der Waals surface area contributed by atoms with Crippen LogP contribution in [0.3, 0.4) is 0 Å². The second kappa shape index (κ2) is 8.75. The summed E-state index contributed by atoms with van der Waals surface area (Å²) < 4.78 is 10.8. The molecule has 0 aliphatic carbocycles. The maximum absolute atomic E-state index is 12.1. The molecule has 0 bridgehead atoms. The monoisotopic (exact) mass is 448 g/mol. The predicted octanol–water partition coefficient (Wildman–Crippen LogP) is 2.98. The van der Waals surface area contributed by atoms with Gasteiger partial charge in [-0.2, -0.15) is 10.5 Å². The summed E-state index contributed by atoms with van der Waals surface area (Å²) in [7, 11) is 1.28. The number of H-pyrrole nitrogens is 1. The Morgan fingerprint density at radius 2 is 1.64 bits per heavy atom. The van der Waals surface area contributed by atoms with E-state index < -0.39 is 26.8 Å². The van der Waals surface area contributed by atoms with E-state index in [1.54, 1.807) is 6.07 Å². The normalized spacial score (nSPS) is 10.0. The lowest BCUT2D eigenvalue weighted by Crippen LogP contribution is -2.16. The summed E-state index contributed by atoms with van der Waals surface area (Å²) in [5.41, 5.74) is 3.53. The molecule has 0 aliphatic rings. The van der Waals surface area contributed by atoms with Crippen molar-refractivity contribution >= 4 is 17.2 Å². The van der Waals surface area contributed by atoms with Gasteiger partial charge in [-0.25, -0.2) is 0 Å². The number of nitro groups is 2. The van der Waals surface area contributed by atoms with E-state index in [1.807, 2.05) is 6.07 Å². The first kappa shape index (κ1) is 22.3. The van der Waals surface area contributed by atoms with Crippen molar-refractivity contribution in [3.63, 3.8) is 0 Å². The number of pyridine rings is 1. The van der Waals surface area contributed by atoms with Gasteiger partial charge in [-0.05, 0) is 23.8 Å². The number of nitro benzene ring substituents is 2. The fraction of sp³-hybridized carbons (Fsp3) is 0.0500. The summed E-state index contributed by atoms with van der Waals surface area (Å²) in [5.74, 6) is -0.482. The molecular weight excluding hydrogens is 436 g/mol. The second-order valence-electron chi connectivity index (χ2n) is 6.35. The molecule has 164 valence electrons. The van der Waals surface area contributed by atoms with Crippen LogP contribution in [-0.4, -0.2) is 21.9 Å². The van der Waals surface area contributed by atoms with Crippen molar-refractivity contribution < 1.29 is 19.3 Å². The number of nitrogens with two attached hydrogens (primary N) is 1. The van der Waals surface area contributed by atoms with Crippen LogP contribution in [0.1, 0.15) is 11.1 Å². The molecule has 0 fully saturated rings. The molecule has 0 radical (unpaired) electrons. The van der Waals surface area contributed by atoms with Crippen LogP contribution >= 0.6 is 0 Å². The molecule has 0 unspecified atom stereocenters. The SMILES string of the molecule is COc1cc(-c2c(C#N)c(N)[nH]c(=O)c2C#N)ccc1Oc1ccc([N+](=O)[O-])cc1[N+](=O)[O-]. The fourth-order valence-corrected chi connectivity index (χ4v) is 3.01. The first-order valence-corrected chi connectivity index (χ1v) is 8.86. The molecule has 0 spiro atoms. The van der Waals surface area contributed by atoms with Crippen molar-refractivity contribution in [2.75, 3.05) is 12.8 Å². The molecule has 0 saturated carbocycles. The number of rotatable bonds is 6. The zero-order chi connectivity index (χ0) is 24.3. The number of anilines is 1. The third-order valence-electron chi connectivity index (χ3n) is 4.49. The Hall–Kier alpha value is -5.43. The summed E-state index contributed by atoms with van der Waals surface area (Å²) in [5, 5.41) is 41.1. The molecule has 0 saturated heterocycles. The number of nitrogens with zero attached hydrogens (tertiary/aromatic N) is 4. The van der Waals surface area contributed by atoms with Gasteiger partial charge in [0.1, 0.15) is 29.1 Å². The molecule has 1 heterocycles. The van der Waals surface area contributed by atoms with Crippen LogP contribution in [0.25, 0.3) is 11.1 Å². The van der Waals surface area contributed by atoms with Crippen molar-refractivity contribution in [2.24, 2.45) is 0 Å². The van der Waals surface area contributed by atoms with E-state index in [1.165, 1.54) is 25.3 Å². The third-order valence-corrected chi connectivity index (χ3v) is 4.49. The van der Waals surface area contributed by atoms with Gasteiger partial charge in [-0.1, -0.05) is 6.07 Å². The standard InChI is InChI=1S/C20H12N6O7/c1-32-17-6-10(18-12(8-21)19(23)24-20(27)13(18)9-22)2-4-16(17)33-15-5-3-11(25(28)29)7-14(15)26(30)31/h2-7H,1H3,(H3,23,24,27). The number of nitriles is 2. The maximum atomic E-state index is 12.1. The molecule has 13 heteroatoms. The van der Waals surface area contributed by atoms with Crippen LogP contribution < -0.4 is 20.8 Å². The Morgan fingerprint density at radius 1 is 0.970 bits per heavy atom. The Morgan fingerprint density at radius 3 is 2.21 bits per heavy atom. The van der Waals surface area contributed by atoms with Crippen LogP contribution in [0.4, 0.5) is 17.2 Å². The summed E-state index contributed by atoms with van der Waals surface area (Å²) in [6.07, 6.45) is 0. The molecule has 3 N–H and O–H groups in total. The highest BCUT2D eigenvalue weighted by molar-refractivity contribution is 5.81. The lowest BCUT2D eigenvalue weighted by Gasteiger charge is -2.14. The minimum absolute atomic E-state index is 0.00645. The summed E-state index contributed by atoms with van der Waals surface area (Å²) in [4.78, 5) is 35.0. The number of aromatic nitrogens is 1. The molecule has 0 atom stereocenters. The van der Waals surface area contributed by atoms with Gasteiger partial charge in [0.2, 0.25) is 5.75 Å². The molecule has 3 aromatic rings. The molecule has 3 rings (SSSR count). The van der Waals surface area contributed by atoms with Gasteiger partial charge >= 0.3 is 5.69 Å². The average molecular weight is 448 g/mol. The van der Waals surface area contributed by atoms with E-state index in [9.17, 15) is 35.5 Å². The first-order chi connectivity index (χ1) is 15.7. The number of aromatic amines is 1. The second-order valence-corrected chi connectivity index (χ2v) is 6.35. The Bertz CT molecular complexity index is 1450. The summed E-state index contributed by atoms with van der Waals surface area (Å²) in [6, 6.07) is 10.5. The van der Waals surface area contributed by atoms with Gasteiger partial charge in [0.05, 0.1) is 23.0 Å². The summed E-state index contributed by atoms with van der Waals surface area (Å²) in [6.45, 7) is 0. The lowest BCUT2D eigenvalue weighted by molar-refractivity contribution is -0.394. The van der Waals surface area contributed by atoms with Crippen molar-refractivity contribution in [1.82, 2.24) is 4.98 Å². The van der Waals surface area contributed by atoms with Gasteiger partial charge in [0.25, 0.3) is 11.2 Å². The van der Waals surface area contributed by atoms with Gasteiger partial charge < -0.3 is 20.2 Å². The Labute approximate surface area is 184 Å². The smallest absolute Gasteiger partial charge is 0.318 e. The zero-order valence-electron chi connectivity index (χ0n) is 16.7. The molecule has 1 aromatic heterocycles. The number of methoxy groups -OCH3 is 1. The van der Waals surface area contributed by atoms with E-state index >= 15 is 0 Å². The maximum Gasteiger partial charge on any atom is 0.318 e. The highest BCUT2D eigenvalue weighted by Crippen LogP contribution is 2.40. The molecule has 0 aliphatic heterocycles. The van der Waals surface area contributed by atoms with Crippen LogP contribution in [0, 0.1) is 42.9 Å². The topological polar surface area (TPSA) is 211 Å². The fourth-order valence-electron chi connectivity index (χ4n) is 3.01. The quantitative estimate of drug-likeness (QED) is 0.415. The van der Waals surface area contributed by atoms with E-state index in [0.717, 1.165) is 18.2 Å². The van der Waals surface area contributed by atoms with Crippen molar-refractivity contribution in [1.29, 1.82) is 10.5 Å². The van der Waals surface area contributed by atoms with Crippen LogP contribution in [0.15, 0.2) is 41.2 Å². The van der Waals surface area contributed by atoms with Crippen molar-refractivity contribution in [3.8, 4) is 40.5 Å². The van der Waals surface area contributed by atoms with Crippen molar-refractivity contribution in [2.45, 2.75) is 0 Å². The molecule has 2 aromatic carbocycles. The predicted molar refractivity (Wildman–Crippen MR) is 113 cm³/mol. The molecule has 33 heavy (non-hydrogen) atoms. The number of nitrogen functional groups attached to an aromatic ring is 1. The van der Waals surface area contributed by atoms with Gasteiger partial charge in [-0.3, -0.25) is 25.0 Å². The number of benzene rings is 2. The van der Waals surface area contributed by atoms with Gasteiger partial charge in [-0.15, -0.1) is 0 Å². The lowest BCUT2D eigenvalue weighted by atomic mass is 9.96. The Balaban J connectivity index is 2.15. The molecule has 13 nitrogen and oxygen atoms in total. The van der Waals surface area contributed by atoms with Crippen LogP contribution in [0.5, 0.6) is 17.2 Å². The minimum atomic E-state index is -0.833. The first-order valence-electron chi connectivity index (χ1n) is 8.86. The zero-order valence-corrected chi connectivity index (χ0v) is 16.7. The number of hydrogen-bond donors (Lipinski definition) is 2. The number of non-ortho nitro benzene ring substituents is 1. The average Bonchev–Trinajstić information content (AvgIpc) is 2.78. The van der Waals surface area contributed by atoms with Crippen LogP contribution in [-0.2, 0) is 0 Å². The van der Waals surface area contributed by atoms with E-state index in [2.05, 4.69) is 4.98 Å². The highest BCUT2D eigenvalue weighted by Gasteiger charge is 2.23. The summed E-state index contributed by atoms with van der Waals surface area (Å²) >= 11 is 0. The largest absolute Gasteiger partial charge is 0.493 e. The van der Waals surface area contributed by atoms with Crippen molar-refractivity contribution in [3.05, 3.63) is 78.1 Å². The van der Waals surface area contributed by atoms with Crippen LogP contribution in [0.2, 0.25) is 0 Å². The number of ether oxygens (including phenoxy) is 2. The van der Waals surface area contributed by atoms with E-state index in [-0.39, 0.29) is 45.3 Å². The highest BCUT2D eigenvalue weighted by atomic mass is 16.6. The third kappa shape index (κ3) is 4.10. The van der Waals surface area contributed by atoms with Gasteiger partial charge in [0.15, 0.2) is 11.5 Å². The minimum Gasteiger partial charge on any atom is -0.493 e. The van der Waals surface area contributed by atoms with E-state index in [4.69, 9.17) is 15.2 Å². The molecule has 0 amide bonds. The molecular formula is C20H12N6O7.